The Hall–Kier alpha value is -3.26. The Balaban J connectivity index is 1.30. The van der Waals surface area contributed by atoms with E-state index in [1.54, 1.807) is 24.3 Å². The zero-order chi connectivity index (χ0) is 23.2. The molecule has 0 radical (unpaired) electrons. The molecule has 1 aliphatic carbocycles. The van der Waals surface area contributed by atoms with Gasteiger partial charge in [-0.3, -0.25) is 9.59 Å². The molecular weight excluding hydrogens is 436 g/mol. The Morgan fingerprint density at radius 3 is 2.36 bits per heavy atom. The molecule has 2 N–H and O–H groups in total. The van der Waals surface area contributed by atoms with Crippen molar-refractivity contribution in [3.05, 3.63) is 69.2 Å². The van der Waals surface area contributed by atoms with Gasteiger partial charge in [0.15, 0.2) is 5.01 Å². The Kier molecular flexibility index (Phi) is 7.34. The van der Waals surface area contributed by atoms with Gasteiger partial charge in [-0.2, -0.15) is 0 Å². The number of amides is 2. The zero-order valence-electron chi connectivity index (χ0n) is 18.9. The topological polar surface area (TPSA) is 93.2 Å². The van der Waals surface area contributed by atoms with Crippen molar-refractivity contribution in [3.63, 3.8) is 0 Å². The van der Waals surface area contributed by atoms with E-state index in [1.165, 1.54) is 30.6 Å². The molecular formula is C25H28N4O3S. The third-order valence-electron chi connectivity index (χ3n) is 5.56. The Labute approximate surface area is 197 Å². The second-order valence-electron chi connectivity index (χ2n) is 8.45. The van der Waals surface area contributed by atoms with E-state index in [9.17, 15) is 9.59 Å². The predicted octanol–water partition coefficient (Wildman–Crippen LogP) is 5.05. The number of ether oxygens (including phenoxy) is 1. The molecule has 1 fully saturated rings. The van der Waals surface area contributed by atoms with Crippen LogP contribution in [0.2, 0.25) is 0 Å². The fraction of sp³-hybridized carbons (Fsp3) is 0.360. The molecule has 1 aromatic heterocycles. The molecule has 3 aromatic rings. The van der Waals surface area contributed by atoms with Crippen molar-refractivity contribution < 1.29 is 14.3 Å². The van der Waals surface area contributed by atoms with Crippen molar-refractivity contribution in [3.8, 4) is 5.75 Å². The van der Waals surface area contributed by atoms with Crippen LogP contribution in [0, 0.1) is 13.8 Å². The fourth-order valence-electron chi connectivity index (χ4n) is 3.97. The molecule has 4 rings (SSSR count). The highest BCUT2D eigenvalue weighted by atomic mass is 32.1. The highest BCUT2D eigenvalue weighted by Crippen LogP contribution is 2.20. The van der Waals surface area contributed by atoms with Gasteiger partial charge in [0.2, 0.25) is 5.01 Å². The Morgan fingerprint density at radius 2 is 1.67 bits per heavy atom. The van der Waals surface area contributed by atoms with E-state index in [0.717, 1.165) is 29.7 Å². The molecule has 0 bridgehead atoms. The van der Waals surface area contributed by atoms with Crippen LogP contribution in [0.3, 0.4) is 0 Å². The number of carbonyl (C=O) groups is 2. The van der Waals surface area contributed by atoms with E-state index in [0.29, 0.717) is 16.3 Å². The smallest absolute Gasteiger partial charge is 0.286 e. The van der Waals surface area contributed by atoms with Crippen LogP contribution in [-0.4, -0.2) is 28.1 Å². The summed E-state index contributed by atoms with van der Waals surface area (Å²) in [4.78, 5) is 25.0. The molecule has 2 amide bonds. The van der Waals surface area contributed by atoms with E-state index in [-0.39, 0.29) is 29.5 Å². The summed E-state index contributed by atoms with van der Waals surface area (Å²) in [5.41, 5.74) is 3.43. The van der Waals surface area contributed by atoms with E-state index in [4.69, 9.17) is 4.74 Å². The minimum absolute atomic E-state index is 0.0719. The number of carbonyl (C=O) groups excluding carboxylic acids is 2. The minimum Gasteiger partial charge on any atom is -0.486 e. The third kappa shape index (κ3) is 6.38. The lowest BCUT2D eigenvalue weighted by Gasteiger charge is -2.22. The van der Waals surface area contributed by atoms with E-state index in [1.807, 2.05) is 26.0 Å². The monoisotopic (exact) mass is 464 g/mol. The van der Waals surface area contributed by atoms with Crippen molar-refractivity contribution in [2.45, 2.75) is 58.6 Å². The molecule has 0 unspecified atom stereocenters. The maximum Gasteiger partial charge on any atom is 0.286 e. The van der Waals surface area contributed by atoms with Gasteiger partial charge in [-0.05, 0) is 74.2 Å². The second kappa shape index (κ2) is 10.6. The molecule has 0 saturated heterocycles. The number of aryl methyl sites for hydroxylation is 2. The maximum atomic E-state index is 12.5. The number of benzene rings is 2. The van der Waals surface area contributed by atoms with Crippen molar-refractivity contribution in [2.75, 3.05) is 5.32 Å². The summed E-state index contributed by atoms with van der Waals surface area (Å²) < 4.78 is 5.79. The van der Waals surface area contributed by atoms with Gasteiger partial charge in [0.1, 0.15) is 12.4 Å². The average Bonchev–Trinajstić information content (AvgIpc) is 3.28. The summed E-state index contributed by atoms with van der Waals surface area (Å²) in [6.45, 7) is 4.28. The second-order valence-corrected chi connectivity index (χ2v) is 9.51. The normalized spacial score (nSPS) is 14.0. The van der Waals surface area contributed by atoms with Gasteiger partial charge in [-0.15, -0.1) is 10.2 Å². The lowest BCUT2D eigenvalue weighted by molar-refractivity contribution is 0.0927. The lowest BCUT2D eigenvalue weighted by Crippen LogP contribution is -2.36. The van der Waals surface area contributed by atoms with Crippen LogP contribution in [-0.2, 0) is 6.61 Å². The van der Waals surface area contributed by atoms with Crippen LogP contribution in [0.5, 0.6) is 5.75 Å². The highest BCUT2D eigenvalue weighted by Gasteiger charge is 2.17. The summed E-state index contributed by atoms with van der Waals surface area (Å²) in [7, 11) is 0. The Morgan fingerprint density at radius 1 is 0.970 bits per heavy atom. The van der Waals surface area contributed by atoms with Crippen LogP contribution >= 0.6 is 11.3 Å². The first-order chi connectivity index (χ1) is 16.0. The number of hydrogen-bond acceptors (Lipinski definition) is 6. The molecule has 0 spiro atoms. The number of nitrogens with one attached hydrogen (secondary N) is 2. The van der Waals surface area contributed by atoms with Gasteiger partial charge in [-0.1, -0.05) is 36.7 Å². The van der Waals surface area contributed by atoms with Crippen LogP contribution in [0.4, 0.5) is 5.69 Å². The molecule has 1 aliphatic rings. The molecule has 1 heterocycles. The largest absolute Gasteiger partial charge is 0.486 e. The zero-order valence-corrected chi connectivity index (χ0v) is 19.7. The standard InChI is InChI=1S/C25H28N4O3S/c1-16-12-17(2)14-21(13-16)32-15-22-28-29-25(33-22)24(31)27-20-10-8-18(9-11-20)23(30)26-19-6-4-3-5-7-19/h8-14,19H,3-7,15H2,1-2H3,(H,26,30)(H,27,31). The van der Waals surface area contributed by atoms with Gasteiger partial charge in [0.25, 0.3) is 11.8 Å². The third-order valence-corrected chi connectivity index (χ3v) is 6.46. The SMILES string of the molecule is Cc1cc(C)cc(OCc2nnc(C(=O)Nc3ccc(C(=O)NC4CCCCC4)cc3)s2)c1. The molecule has 0 aliphatic heterocycles. The molecule has 2 aromatic carbocycles. The molecule has 33 heavy (non-hydrogen) atoms. The molecule has 7 nitrogen and oxygen atoms in total. The van der Waals surface area contributed by atoms with Gasteiger partial charge < -0.3 is 15.4 Å². The summed E-state index contributed by atoms with van der Waals surface area (Å²) in [6, 6.07) is 13.1. The summed E-state index contributed by atoms with van der Waals surface area (Å²) in [6.07, 6.45) is 5.66. The lowest BCUT2D eigenvalue weighted by atomic mass is 9.95. The van der Waals surface area contributed by atoms with Crippen molar-refractivity contribution in [2.24, 2.45) is 0 Å². The first kappa shape index (κ1) is 22.9. The highest BCUT2D eigenvalue weighted by molar-refractivity contribution is 7.13. The van der Waals surface area contributed by atoms with E-state index < -0.39 is 0 Å². The van der Waals surface area contributed by atoms with Gasteiger partial charge in [0.05, 0.1) is 0 Å². The van der Waals surface area contributed by atoms with Crippen LogP contribution in [0.1, 0.15) is 68.4 Å². The van der Waals surface area contributed by atoms with Crippen LogP contribution in [0.15, 0.2) is 42.5 Å². The Bertz CT molecular complexity index is 1100. The summed E-state index contributed by atoms with van der Waals surface area (Å²) >= 11 is 1.19. The van der Waals surface area contributed by atoms with Crippen molar-refractivity contribution >= 4 is 28.8 Å². The number of anilines is 1. The van der Waals surface area contributed by atoms with Gasteiger partial charge in [0, 0.05) is 17.3 Å². The number of hydrogen-bond donors (Lipinski definition) is 2. The first-order valence-electron chi connectivity index (χ1n) is 11.2. The molecule has 172 valence electrons. The quantitative estimate of drug-likeness (QED) is 0.510. The van der Waals surface area contributed by atoms with Crippen LogP contribution < -0.4 is 15.4 Å². The number of rotatable bonds is 7. The van der Waals surface area contributed by atoms with Crippen molar-refractivity contribution in [1.82, 2.24) is 15.5 Å². The van der Waals surface area contributed by atoms with Crippen molar-refractivity contribution in [1.29, 1.82) is 0 Å². The predicted molar refractivity (Wildman–Crippen MR) is 129 cm³/mol. The summed E-state index contributed by atoms with van der Waals surface area (Å²) in [5, 5.41) is 14.8. The number of nitrogens with zero attached hydrogens (tertiary/aromatic N) is 2. The maximum absolute atomic E-state index is 12.5. The van der Waals surface area contributed by atoms with Crippen LogP contribution in [0.25, 0.3) is 0 Å². The fourth-order valence-corrected chi connectivity index (χ4v) is 4.62. The first-order valence-corrected chi connectivity index (χ1v) is 12.0. The number of aromatic nitrogens is 2. The van der Waals surface area contributed by atoms with E-state index >= 15 is 0 Å². The van der Waals surface area contributed by atoms with Gasteiger partial charge >= 0.3 is 0 Å². The van der Waals surface area contributed by atoms with E-state index in [2.05, 4.69) is 26.9 Å². The minimum atomic E-state index is -0.343. The molecule has 1 saturated carbocycles. The van der Waals surface area contributed by atoms with Gasteiger partial charge in [-0.25, -0.2) is 0 Å². The molecule has 0 atom stereocenters. The summed E-state index contributed by atoms with van der Waals surface area (Å²) in [5.74, 6) is 0.350. The molecule has 8 heteroatoms. The average molecular weight is 465 g/mol.